The molecule has 0 spiro atoms. The fourth-order valence-electron chi connectivity index (χ4n) is 4.01. The van der Waals surface area contributed by atoms with Crippen molar-refractivity contribution in [1.29, 1.82) is 0 Å². The van der Waals surface area contributed by atoms with Crippen molar-refractivity contribution in [2.45, 2.75) is 44.1 Å². The lowest BCUT2D eigenvalue weighted by atomic mass is 9.84. The van der Waals surface area contributed by atoms with Crippen LogP contribution in [0, 0.1) is 25.7 Å². The van der Waals surface area contributed by atoms with E-state index in [2.05, 4.69) is 32.0 Å². The predicted octanol–water partition coefficient (Wildman–Crippen LogP) is 3.12. The Labute approximate surface area is 159 Å². The molecule has 1 unspecified atom stereocenters. The number of amides is 1. The topological polar surface area (TPSA) is 66.8 Å². The van der Waals surface area contributed by atoms with Gasteiger partial charge in [0.25, 0.3) is 0 Å². The minimum atomic E-state index is -0.754. The number of hydrogen-bond acceptors (Lipinski definition) is 4. The van der Waals surface area contributed by atoms with Gasteiger partial charge >= 0.3 is 5.97 Å². The molecule has 2 atom stereocenters. The molecule has 26 heavy (non-hydrogen) atoms. The number of hydrogen-bond donors (Lipinski definition) is 1. The monoisotopic (exact) mass is 377 g/mol. The second kappa shape index (κ2) is 8.44. The summed E-state index contributed by atoms with van der Waals surface area (Å²) in [4.78, 5) is 26.9. The summed E-state index contributed by atoms with van der Waals surface area (Å²) in [5, 5.41) is 9.32. The fourth-order valence-corrected chi connectivity index (χ4v) is 4.92. The third-order valence-corrected chi connectivity index (χ3v) is 6.65. The van der Waals surface area contributed by atoms with Crippen molar-refractivity contribution in [3.63, 3.8) is 0 Å². The van der Waals surface area contributed by atoms with Crippen LogP contribution in [-0.4, -0.2) is 53.4 Å². The van der Waals surface area contributed by atoms with Gasteiger partial charge in [-0.3, -0.25) is 9.59 Å². The first-order valence-electron chi connectivity index (χ1n) is 9.28. The van der Waals surface area contributed by atoms with Gasteiger partial charge in [0.15, 0.2) is 0 Å². The number of aliphatic carboxylic acids is 1. The molecule has 0 radical (unpaired) electrons. The summed E-state index contributed by atoms with van der Waals surface area (Å²) >= 11 is 1.59. The van der Waals surface area contributed by atoms with Crippen LogP contribution in [0.15, 0.2) is 23.1 Å². The number of carbonyl (C=O) groups excluding carboxylic acids is 1. The van der Waals surface area contributed by atoms with E-state index in [0.29, 0.717) is 31.9 Å². The normalized spacial score (nSPS) is 24.0. The van der Waals surface area contributed by atoms with Crippen LogP contribution in [0.4, 0.5) is 0 Å². The van der Waals surface area contributed by atoms with E-state index < -0.39 is 5.97 Å². The van der Waals surface area contributed by atoms with Crippen molar-refractivity contribution in [1.82, 2.24) is 4.90 Å². The maximum Gasteiger partial charge on any atom is 0.309 e. The standard InChI is InChI=1S/C20H27NO4S/c1-13-3-4-17(14(2)11-13)26-12-18(22)21-8-5-15(6-9-21)19-16(20(23)24)7-10-25-19/h3-4,11,15-16,19H,5-10,12H2,1-2H3,(H,23,24)/t16?,19-/m0/s1. The fraction of sp³-hybridized carbons (Fsp3) is 0.600. The Morgan fingerprint density at radius 3 is 2.62 bits per heavy atom. The van der Waals surface area contributed by atoms with Gasteiger partial charge in [-0.15, -0.1) is 11.8 Å². The number of benzene rings is 1. The molecular weight excluding hydrogens is 350 g/mol. The number of ether oxygens (including phenoxy) is 1. The summed E-state index contributed by atoms with van der Waals surface area (Å²) in [6, 6.07) is 6.29. The molecule has 1 aromatic rings. The Balaban J connectivity index is 1.48. The summed E-state index contributed by atoms with van der Waals surface area (Å²) in [7, 11) is 0. The van der Waals surface area contributed by atoms with Crippen molar-refractivity contribution in [2.75, 3.05) is 25.4 Å². The number of nitrogens with zero attached hydrogens (tertiary/aromatic N) is 1. The van der Waals surface area contributed by atoms with Crippen LogP contribution in [0.5, 0.6) is 0 Å². The molecule has 2 fully saturated rings. The highest BCUT2D eigenvalue weighted by atomic mass is 32.2. The van der Waals surface area contributed by atoms with Gasteiger partial charge in [0.2, 0.25) is 5.91 Å². The van der Waals surface area contributed by atoms with Crippen molar-refractivity contribution in [3.05, 3.63) is 29.3 Å². The van der Waals surface area contributed by atoms with E-state index in [4.69, 9.17) is 4.74 Å². The van der Waals surface area contributed by atoms with Crippen molar-refractivity contribution in [3.8, 4) is 0 Å². The Morgan fingerprint density at radius 2 is 1.96 bits per heavy atom. The first kappa shape index (κ1) is 19.2. The summed E-state index contributed by atoms with van der Waals surface area (Å²) < 4.78 is 5.70. The molecule has 1 aromatic carbocycles. The highest BCUT2D eigenvalue weighted by Crippen LogP contribution is 2.33. The number of carbonyl (C=O) groups is 2. The minimum Gasteiger partial charge on any atom is -0.481 e. The Hall–Kier alpha value is -1.53. The van der Waals surface area contributed by atoms with E-state index in [1.54, 1.807) is 11.8 Å². The Kier molecular flexibility index (Phi) is 6.24. The van der Waals surface area contributed by atoms with Crippen molar-refractivity contribution in [2.24, 2.45) is 11.8 Å². The number of likely N-dealkylation sites (tertiary alicyclic amines) is 1. The molecule has 2 aliphatic rings. The van der Waals surface area contributed by atoms with Gasteiger partial charge in [-0.05, 0) is 50.7 Å². The van der Waals surface area contributed by atoms with Gasteiger partial charge in [0.1, 0.15) is 0 Å². The number of piperidine rings is 1. The highest BCUT2D eigenvalue weighted by molar-refractivity contribution is 8.00. The van der Waals surface area contributed by atoms with E-state index >= 15 is 0 Å². The zero-order valence-corrected chi connectivity index (χ0v) is 16.3. The van der Waals surface area contributed by atoms with Crippen molar-refractivity contribution < 1.29 is 19.4 Å². The molecule has 5 nitrogen and oxygen atoms in total. The second-order valence-electron chi connectivity index (χ2n) is 7.34. The molecule has 2 aliphatic heterocycles. The molecule has 0 saturated carbocycles. The molecule has 2 saturated heterocycles. The van der Waals surface area contributed by atoms with Crippen LogP contribution >= 0.6 is 11.8 Å². The van der Waals surface area contributed by atoms with Crippen LogP contribution in [-0.2, 0) is 14.3 Å². The lowest BCUT2D eigenvalue weighted by molar-refractivity contribution is -0.145. The molecular formula is C20H27NO4S. The first-order chi connectivity index (χ1) is 12.5. The van der Waals surface area contributed by atoms with E-state index in [0.717, 1.165) is 17.7 Å². The quantitative estimate of drug-likeness (QED) is 0.799. The van der Waals surface area contributed by atoms with Gasteiger partial charge in [-0.2, -0.15) is 0 Å². The molecule has 3 rings (SSSR count). The molecule has 2 heterocycles. The van der Waals surface area contributed by atoms with Crippen LogP contribution < -0.4 is 0 Å². The van der Waals surface area contributed by atoms with E-state index in [-0.39, 0.29) is 23.8 Å². The van der Waals surface area contributed by atoms with E-state index in [1.165, 1.54) is 11.1 Å². The highest BCUT2D eigenvalue weighted by Gasteiger charge is 2.40. The van der Waals surface area contributed by atoms with Crippen LogP contribution in [0.3, 0.4) is 0 Å². The lowest BCUT2D eigenvalue weighted by Gasteiger charge is -2.35. The molecule has 1 amide bonds. The molecule has 1 N–H and O–H groups in total. The molecule has 0 aliphatic carbocycles. The number of thioether (sulfide) groups is 1. The largest absolute Gasteiger partial charge is 0.481 e. The third kappa shape index (κ3) is 4.41. The van der Waals surface area contributed by atoms with Gasteiger partial charge < -0.3 is 14.7 Å². The molecule has 0 bridgehead atoms. The number of rotatable bonds is 5. The average Bonchev–Trinajstić information content (AvgIpc) is 3.11. The third-order valence-electron chi connectivity index (χ3n) is 5.49. The SMILES string of the molecule is Cc1ccc(SCC(=O)N2CCC([C@@H]3OCCC3C(=O)O)CC2)c(C)c1. The van der Waals surface area contributed by atoms with Gasteiger partial charge in [-0.25, -0.2) is 0 Å². The van der Waals surface area contributed by atoms with Crippen LogP contribution in [0.2, 0.25) is 0 Å². The predicted molar refractivity (Wildman–Crippen MR) is 101 cm³/mol. The summed E-state index contributed by atoms with van der Waals surface area (Å²) in [5.74, 6) is -0.282. The van der Waals surface area contributed by atoms with Gasteiger partial charge in [-0.1, -0.05) is 17.7 Å². The second-order valence-corrected chi connectivity index (χ2v) is 8.36. The first-order valence-corrected chi connectivity index (χ1v) is 10.3. The lowest BCUT2D eigenvalue weighted by Crippen LogP contribution is -2.43. The van der Waals surface area contributed by atoms with Gasteiger partial charge in [0, 0.05) is 24.6 Å². The molecule has 0 aromatic heterocycles. The Morgan fingerprint density at radius 1 is 1.23 bits per heavy atom. The number of carboxylic acids is 1. The van der Waals surface area contributed by atoms with Crippen LogP contribution in [0.1, 0.15) is 30.4 Å². The zero-order valence-electron chi connectivity index (χ0n) is 15.4. The van der Waals surface area contributed by atoms with E-state index in [9.17, 15) is 14.7 Å². The number of carboxylic acid groups (broad SMARTS) is 1. The summed E-state index contributed by atoms with van der Waals surface area (Å²) in [6.45, 7) is 6.07. The van der Waals surface area contributed by atoms with Gasteiger partial charge in [0.05, 0.1) is 17.8 Å². The van der Waals surface area contributed by atoms with Crippen molar-refractivity contribution >= 4 is 23.6 Å². The smallest absolute Gasteiger partial charge is 0.309 e. The average molecular weight is 378 g/mol. The number of aryl methyl sites for hydroxylation is 2. The molecule has 142 valence electrons. The molecule has 6 heteroatoms. The maximum absolute atomic E-state index is 12.5. The zero-order chi connectivity index (χ0) is 18.7. The van der Waals surface area contributed by atoms with E-state index in [1.807, 2.05) is 4.90 Å². The van der Waals surface area contributed by atoms with Crippen LogP contribution in [0.25, 0.3) is 0 Å². The minimum absolute atomic E-state index is 0.163. The summed E-state index contributed by atoms with van der Waals surface area (Å²) in [6.07, 6.45) is 2.07. The Bertz CT molecular complexity index is 670. The summed E-state index contributed by atoms with van der Waals surface area (Å²) in [5.41, 5.74) is 2.44. The maximum atomic E-state index is 12.5.